The fourth-order valence-corrected chi connectivity index (χ4v) is 2.93. The molecule has 6 nitrogen and oxygen atoms in total. The molecule has 26 heavy (non-hydrogen) atoms. The lowest BCUT2D eigenvalue weighted by Gasteiger charge is -2.16. The second-order valence-corrected chi connectivity index (χ2v) is 6.36. The van der Waals surface area contributed by atoms with Crippen LogP contribution >= 0.6 is 0 Å². The van der Waals surface area contributed by atoms with Gasteiger partial charge >= 0.3 is 5.97 Å². The van der Waals surface area contributed by atoms with Gasteiger partial charge in [-0.25, -0.2) is 4.79 Å². The van der Waals surface area contributed by atoms with Crippen LogP contribution in [0.2, 0.25) is 0 Å². The molecule has 6 heteroatoms. The molecule has 1 saturated heterocycles. The Morgan fingerprint density at radius 3 is 2.69 bits per heavy atom. The van der Waals surface area contributed by atoms with E-state index in [-0.39, 0.29) is 11.9 Å². The number of nitrogens with zero attached hydrogens (tertiary/aromatic N) is 2. The zero-order valence-electron chi connectivity index (χ0n) is 14.8. The normalized spacial score (nSPS) is 19.4. The standard InChI is InChI=1S/C20H23N3O3/c1-26-20(25)17(13-15-7-3-2-4-8-15)22-19(24)18-14-23(18)12-10-16-9-5-6-11-21-16/h2-9,11,17-18H,10,12-14H2,1H3,(H,22,24)/t17-,18?,23?/m1/s1. The summed E-state index contributed by atoms with van der Waals surface area (Å²) in [4.78, 5) is 30.9. The van der Waals surface area contributed by atoms with Gasteiger partial charge in [0.05, 0.1) is 7.11 Å². The highest BCUT2D eigenvalue weighted by Gasteiger charge is 2.41. The van der Waals surface area contributed by atoms with Crippen molar-refractivity contribution in [1.29, 1.82) is 0 Å². The van der Waals surface area contributed by atoms with Gasteiger partial charge in [-0.05, 0) is 17.7 Å². The summed E-state index contributed by atoms with van der Waals surface area (Å²) < 4.78 is 4.84. The summed E-state index contributed by atoms with van der Waals surface area (Å²) in [5, 5.41) is 2.84. The number of methoxy groups -OCH3 is 1. The highest BCUT2D eigenvalue weighted by Crippen LogP contribution is 2.18. The van der Waals surface area contributed by atoms with Crippen molar-refractivity contribution in [2.45, 2.75) is 24.9 Å². The van der Waals surface area contributed by atoms with Gasteiger partial charge in [0.1, 0.15) is 12.1 Å². The average Bonchev–Trinajstić information content (AvgIpc) is 3.47. The molecule has 3 atom stereocenters. The zero-order chi connectivity index (χ0) is 18.4. The average molecular weight is 353 g/mol. The quantitative estimate of drug-likeness (QED) is 0.571. The Morgan fingerprint density at radius 1 is 1.23 bits per heavy atom. The molecule has 3 rings (SSSR count). The highest BCUT2D eigenvalue weighted by atomic mass is 16.5. The smallest absolute Gasteiger partial charge is 0.328 e. The Morgan fingerprint density at radius 2 is 2.00 bits per heavy atom. The van der Waals surface area contributed by atoms with Gasteiger partial charge in [-0.3, -0.25) is 14.7 Å². The molecule has 2 heterocycles. The van der Waals surface area contributed by atoms with Crippen LogP contribution in [0.5, 0.6) is 0 Å². The molecule has 1 aromatic heterocycles. The van der Waals surface area contributed by atoms with E-state index in [9.17, 15) is 9.59 Å². The molecule has 0 bridgehead atoms. The van der Waals surface area contributed by atoms with Crippen molar-refractivity contribution < 1.29 is 14.3 Å². The number of carbonyl (C=O) groups is 2. The van der Waals surface area contributed by atoms with Crippen molar-refractivity contribution in [1.82, 2.24) is 15.2 Å². The van der Waals surface area contributed by atoms with Crippen molar-refractivity contribution in [3.05, 3.63) is 66.0 Å². The molecule has 1 aliphatic heterocycles. The number of ether oxygens (including phenoxy) is 1. The van der Waals surface area contributed by atoms with Gasteiger partial charge < -0.3 is 10.1 Å². The monoisotopic (exact) mass is 353 g/mol. The highest BCUT2D eigenvalue weighted by molar-refractivity contribution is 5.89. The van der Waals surface area contributed by atoms with Crippen LogP contribution in [0.1, 0.15) is 11.3 Å². The Labute approximate surface area is 153 Å². The number of carbonyl (C=O) groups excluding carboxylic acids is 2. The van der Waals surface area contributed by atoms with E-state index in [4.69, 9.17) is 4.74 Å². The van der Waals surface area contributed by atoms with Gasteiger partial charge in [0, 0.05) is 37.8 Å². The number of hydrogen-bond donors (Lipinski definition) is 1. The minimum Gasteiger partial charge on any atom is -0.467 e. The van der Waals surface area contributed by atoms with Crippen molar-refractivity contribution in [2.24, 2.45) is 0 Å². The minimum atomic E-state index is -0.673. The molecule has 1 N–H and O–H groups in total. The van der Waals surface area contributed by atoms with Crippen LogP contribution in [-0.2, 0) is 27.2 Å². The first kappa shape index (κ1) is 18.1. The largest absolute Gasteiger partial charge is 0.467 e. The van der Waals surface area contributed by atoms with E-state index < -0.39 is 12.0 Å². The molecule has 2 aromatic rings. The van der Waals surface area contributed by atoms with Crippen molar-refractivity contribution in [3.8, 4) is 0 Å². The summed E-state index contributed by atoms with van der Waals surface area (Å²) in [6, 6.07) is 14.6. The fourth-order valence-electron chi connectivity index (χ4n) is 2.93. The maximum absolute atomic E-state index is 12.5. The van der Waals surface area contributed by atoms with E-state index in [0.717, 1.165) is 24.2 Å². The van der Waals surface area contributed by atoms with Crippen LogP contribution in [-0.4, -0.2) is 54.0 Å². The predicted octanol–water partition coefficient (Wildman–Crippen LogP) is 1.21. The minimum absolute atomic E-state index is 0.127. The van der Waals surface area contributed by atoms with Gasteiger partial charge in [-0.2, -0.15) is 0 Å². The molecule has 1 aromatic carbocycles. The molecule has 1 fully saturated rings. The molecule has 0 saturated carbocycles. The van der Waals surface area contributed by atoms with Crippen LogP contribution in [0.4, 0.5) is 0 Å². The summed E-state index contributed by atoms with van der Waals surface area (Å²) in [5.74, 6) is -0.555. The molecule has 0 radical (unpaired) electrons. The summed E-state index contributed by atoms with van der Waals surface area (Å²) in [5.41, 5.74) is 1.99. The molecule has 136 valence electrons. The van der Waals surface area contributed by atoms with Crippen molar-refractivity contribution in [3.63, 3.8) is 0 Å². The third-order valence-electron chi connectivity index (χ3n) is 4.48. The van der Waals surface area contributed by atoms with Crippen LogP contribution in [0.15, 0.2) is 54.7 Å². The number of nitrogens with one attached hydrogen (secondary N) is 1. The van der Waals surface area contributed by atoms with E-state index in [2.05, 4.69) is 15.2 Å². The maximum Gasteiger partial charge on any atom is 0.328 e. The molecular formula is C20H23N3O3. The summed E-state index contributed by atoms with van der Waals surface area (Å²) in [6.45, 7) is 1.48. The van der Waals surface area contributed by atoms with Crippen LogP contribution < -0.4 is 5.32 Å². The van der Waals surface area contributed by atoms with E-state index in [1.54, 1.807) is 6.20 Å². The Kier molecular flexibility index (Phi) is 5.96. The number of aromatic nitrogens is 1. The number of amides is 1. The lowest BCUT2D eigenvalue weighted by Crippen LogP contribution is -2.45. The molecule has 1 amide bonds. The number of hydrogen-bond acceptors (Lipinski definition) is 5. The van der Waals surface area contributed by atoms with E-state index >= 15 is 0 Å². The van der Waals surface area contributed by atoms with Crippen LogP contribution in [0.25, 0.3) is 0 Å². The SMILES string of the molecule is COC(=O)[C@@H](Cc1ccccc1)NC(=O)C1CN1CCc1ccccn1. The van der Waals surface area contributed by atoms with E-state index in [1.165, 1.54) is 7.11 Å². The van der Waals surface area contributed by atoms with Gasteiger partial charge in [-0.1, -0.05) is 36.4 Å². The topological polar surface area (TPSA) is 71.3 Å². The number of pyridine rings is 1. The van der Waals surface area contributed by atoms with E-state index in [0.29, 0.717) is 13.0 Å². The molecule has 2 unspecified atom stereocenters. The first-order valence-corrected chi connectivity index (χ1v) is 8.73. The van der Waals surface area contributed by atoms with Gasteiger partial charge in [0.25, 0.3) is 0 Å². The van der Waals surface area contributed by atoms with Crippen LogP contribution in [0.3, 0.4) is 0 Å². The number of benzene rings is 1. The summed E-state index contributed by atoms with van der Waals surface area (Å²) in [6.07, 6.45) is 2.99. The first-order valence-electron chi connectivity index (χ1n) is 8.73. The predicted molar refractivity (Wildman–Crippen MR) is 97.4 cm³/mol. The third kappa shape index (κ3) is 4.89. The lowest BCUT2D eigenvalue weighted by molar-refractivity contribution is -0.145. The second kappa shape index (κ2) is 8.58. The van der Waals surface area contributed by atoms with Crippen molar-refractivity contribution in [2.75, 3.05) is 20.2 Å². The number of rotatable bonds is 8. The van der Waals surface area contributed by atoms with Gasteiger partial charge in [-0.15, -0.1) is 0 Å². The lowest BCUT2D eigenvalue weighted by atomic mass is 10.1. The summed E-state index contributed by atoms with van der Waals surface area (Å²) in [7, 11) is 1.34. The molecular weight excluding hydrogens is 330 g/mol. The zero-order valence-corrected chi connectivity index (χ0v) is 14.8. The van der Waals surface area contributed by atoms with Crippen LogP contribution in [0, 0.1) is 0 Å². The first-order chi connectivity index (χ1) is 12.7. The maximum atomic E-state index is 12.5. The second-order valence-electron chi connectivity index (χ2n) is 6.36. The molecule has 0 spiro atoms. The van der Waals surface area contributed by atoms with Gasteiger partial charge in [0.2, 0.25) is 5.91 Å². The summed E-state index contributed by atoms with van der Waals surface area (Å²) >= 11 is 0. The Bertz CT molecular complexity index is 736. The van der Waals surface area contributed by atoms with E-state index in [1.807, 2.05) is 48.5 Å². The Hall–Kier alpha value is -2.73. The Balaban J connectivity index is 1.51. The fraction of sp³-hybridized carbons (Fsp3) is 0.350. The molecule has 1 aliphatic rings. The van der Waals surface area contributed by atoms with Crippen molar-refractivity contribution >= 4 is 11.9 Å². The third-order valence-corrected chi connectivity index (χ3v) is 4.48. The number of esters is 1. The van der Waals surface area contributed by atoms with Gasteiger partial charge in [0.15, 0.2) is 0 Å². The molecule has 0 aliphatic carbocycles.